The zero-order chi connectivity index (χ0) is 13.9. The Labute approximate surface area is 123 Å². The van der Waals surface area contributed by atoms with Gasteiger partial charge in [0.1, 0.15) is 16.5 Å². The fourth-order valence-electron chi connectivity index (χ4n) is 2.72. The minimum Gasteiger partial charge on any atom is -0.384 e. The lowest BCUT2D eigenvalue weighted by molar-refractivity contribution is 0.200. The number of ether oxygens (including phenoxy) is 1. The van der Waals surface area contributed by atoms with Crippen molar-refractivity contribution in [2.45, 2.75) is 39.0 Å². The maximum atomic E-state index is 5.14. The fourth-order valence-corrected chi connectivity index (χ4v) is 4.00. The summed E-state index contributed by atoms with van der Waals surface area (Å²) in [6.07, 6.45) is 5.53. The van der Waals surface area contributed by atoms with Gasteiger partial charge >= 0.3 is 0 Å². The number of aryl methyl sites for hydroxylation is 2. The Morgan fingerprint density at radius 2 is 2.20 bits per heavy atom. The summed E-state index contributed by atoms with van der Waals surface area (Å²) in [5, 5.41) is 4.76. The molecule has 0 atom stereocenters. The van der Waals surface area contributed by atoms with Gasteiger partial charge in [-0.25, -0.2) is 9.97 Å². The summed E-state index contributed by atoms with van der Waals surface area (Å²) in [5.74, 6) is 1.92. The fraction of sp³-hybridized carbons (Fsp3) is 0.600. The smallest absolute Gasteiger partial charge is 0.138 e. The molecule has 0 saturated carbocycles. The highest BCUT2D eigenvalue weighted by atomic mass is 32.1. The van der Waals surface area contributed by atoms with E-state index < -0.39 is 0 Å². The third kappa shape index (κ3) is 2.52. The monoisotopic (exact) mass is 291 g/mol. The van der Waals surface area contributed by atoms with Gasteiger partial charge in [-0.3, -0.25) is 0 Å². The third-order valence-electron chi connectivity index (χ3n) is 3.68. The summed E-state index contributed by atoms with van der Waals surface area (Å²) in [5.41, 5.74) is 1.49. The van der Waals surface area contributed by atoms with Crippen LogP contribution in [0, 0.1) is 0 Å². The number of methoxy groups -OCH3 is 1. The van der Waals surface area contributed by atoms with Crippen molar-refractivity contribution in [2.24, 2.45) is 0 Å². The first-order valence-electron chi connectivity index (χ1n) is 7.37. The molecule has 1 N–H and O–H groups in total. The van der Waals surface area contributed by atoms with Crippen molar-refractivity contribution >= 4 is 27.4 Å². The normalized spacial score (nSPS) is 13.9. The van der Waals surface area contributed by atoms with Gasteiger partial charge in [0.25, 0.3) is 0 Å². The van der Waals surface area contributed by atoms with Crippen molar-refractivity contribution in [3.63, 3.8) is 0 Å². The van der Waals surface area contributed by atoms with Gasteiger partial charge in [0.2, 0.25) is 0 Å². The van der Waals surface area contributed by atoms with E-state index in [1.807, 2.05) is 11.3 Å². The van der Waals surface area contributed by atoms with Gasteiger partial charge in [-0.05, 0) is 31.2 Å². The highest BCUT2D eigenvalue weighted by Crippen LogP contribution is 2.39. The summed E-state index contributed by atoms with van der Waals surface area (Å²) in [6, 6.07) is 0. The molecule has 1 aliphatic carbocycles. The van der Waals surface area contributed by atoms with Crippen LogP contribution < -0.4 is 5.32 Å². The Morgan fingerprint density at radius 3 is 3.00 bits per heavy atom. The van der Waals surface area contributed by atoms with Crippen LogP contribution in [0.1, 0.15) is 36.0 Å². The molecule has 2 heterocycles. The van der Waals surface area contributed by atoms with E-state index in [1.165, 1.54) is 35.1 Å². The van der Waals surface area contributed by atoms with E-state index in [4.69, 9.17) is 14.7 Å². The molecule has 0 bridgehead atoms. The van der Waals surface area contributed by atoms with Crippen LogP contribution in [0.25, 0.3) is 10.2 Å². The number of fused-ring (bicyclic) bond motifs is 3. The van der Waals surface area contributed by atoms with Crippen LogP contribution in [-0.2, 0) is 24.0 Å². The average Bonchev–Trinajstić information content (AvgIpc) is 3.02. The maximum absolute atomic E-state index is 5.14. The van der Waals surface area contributed by atoms with E-state index in [1.54, 1.807) is 7.11 Å². The Kier molecular flexibility index (Phi) is 4.17. The predicted octanol–water partition coefficient (Wildman–Crippen LogP) is 3.19. The van der Waals surface area contributed by atoms with Crippen LogP contribution >= 0.6 is 11.3 Å². The molecule has 1 aliphatic rings. The molecule has 108 valence electrons. The van der Waals surface area contributed by atoms with Crippen LogP contribution in [-0.4, -0.2) is 30.2 Å². The van der Waals surface area contributed by atoms with Gasteiger partial charge in [0.15, 0.2) is 0 Å². The minimum atomic E-state index is 0.670. The summed E-state index contributed by atoms with van der Waals surface area (Å²) in [4.78, 5) is 12.1. The number of nitrogens with zero attached hydrogens (tertiary/aromatic N) is 2. The first-order chi connectivity index (χ1) is 9.83. The van der Waals surface area contributed by atoms with Crippen LogP contribution in [0.5, 0.6) is 0 Å². The van der Waals surface area contributed by atoms with Crippen LogP contribution in [0.3, 0.4) is 0 Å². The number of aromatic nitrogens is 2. The highest BCUT2D eigenvalue weighted by molar-refractivity contribution is 7.19. The van der Waals surface area contributed by atoms with Crippen molar-refractivity contribution in [3.8, 4) is 0 Å². The Hall–Kier alpha value is -1.20. The van der Waals surface area contributed by atoms with Crippen LogP contribution in [0.4, 0.5) is 5.82 Å². The van der Waals surface area contributed by atoms with Crippen LogP contribution in [0.2, 0.25) is 0 Å². The first kappa shape index (κ1) is 13.8. The van der Waals surface area contributed by atoms with Crippen molar-refractivity contribution in [1.29, 1.82) is 0 Å². The molecule has 20 heavy (non-hydrogen) atoms. The van der Waals surface area contributed by atoms with Gasteiger partial charge in [-0.15, -0.1) is 11.3 Å². The molecule has 0 radical (unpaired) electrons. The second kappa shape index (κ2) is 6.06. The topological polar surface area (TPSA) is 47.0 Å². The van der Waals surface area contributed by atoms with Gasteiger partial charge in [-0.2, -0.15) is 0 Å². The molecule has 0 fully saturated rings. The zero-order valence-electron chi connectivity index (χ0n) is 12.2. The van der Waals surface area contributed by atoms with Gasteiger partial charge < -0.3 is 10.1 Å². The molecule has 0 spiro atoms. The number of thiophene rings is 1. The molecular formula is C15H21N3OS. The molecule has 0 amide bonds. The summed E-state index contributed by atoms with van der Waals surface area (Å²) >= 11 is 1.85. The van der Waals surface area contributed by atoms with Crippen molar-refractivity contribution in [1.82, 2.24) is 9.97 Å². The molecule has 2 aromatic rings. The van der Waals surface area contributed by atoms with E-state index in [0.29, 0.717) is 6.61 Å². The molecular weight excluding hydrogens is 270 g/mol. The molecule has 0 aromatic carbocycles. The lowest BCUT2D eigenvalue weighted by Crippen LogP contribution is -2.07. The molecule has 0 unspecified atom stereocenters. The zero-order valence-corrected chi connectivity index (χ0v) is 13.0. The number of anilines is 1. The second-order valence-corrected chi connectivity index (χ2v) is 6.28. The van der Waals surface area contributed by atoms with Gasteiger partial charge in [0.05, 0.1) is 12.0 Å². The molecule has 2 aromatic heterocycles. The standard InChI is InChI=1S/C15H21N3OS/c1-3-8-16-14-13-10-5-4-6-11(10)20-15(13)18-12(17-14)7-9-19-2/h3-9H2,1-2H3,(H,16,17,18). The predicted molar refractivity (Wildman–Crippen MR) is 83.8 cm³/mol. The van der Waals surface area contributed by atoms with E-state index >= 15 is 0 Å². The first-order valence-corrected chi connectivity index (χ1v) is 8.19. The number of hydrogen-bond donors (Lipinski definition) is 1. The van der Waals surface area contributed by atoms with Gasteiger partial charge in [-0.1, -0.05) is 6.92 Å². The minimum absolute atomic E-state index is 0.670. The lowest BCUT2D eigenvalue weighted by Gasteiger charge is -2.09. The quantitative estimate of drug-likeness (QED) is 0.888. The SMILES string of the molecule is CCCNc1nc(CCOC)nc2sc3c(c12)CCC3. The Balaban J connectivity index is 2.04. The van der Waals surface area contributed by atoms with E-state index in [0.717, 1.165) is 35.9 Å². The lowest BCUT2D eigenvalue weighted by atomic mass is 10.2. The summed E-state index contributed by atoms with van der Waals surface area (Å²) in [6.45, 7) is 3.81. The number of hydrogen-bond acceptors (Lipinski definition) is 5. The third-order valence-corrected chi connectivity index (χ3v) is 4.87. The van der Waals surface area contributed by atoms with Crippen molar-refractivity contribution in [2.75, 3.05) is 25.6 Å². The molecule has 5 heteroatoms. The second-order valence-electron chi connectivity index (χ2n) is 5.20. The van der Waals surface area contributed by atoms with Crippen molar-refractivity contribution in [3.05, 3.63) is 16.3 Å². The number of nitrogens with one attached hydrogen (secondary N) is 1. The molecule has 0 saturated heterocycles. The summed E-state index contributed by atoms with van der Waals surface area (Å²) < 4.78 is 5.14. The number of rotatable bonds is 6. The molecule has 4 nitrogen and oxygen atoms in total. The molecule has 0 aliphatic heterocycles. The summed E-state index contributed by atoms with van der Waals surface area (Å²) in [7, 11) is 1.72. The maximum Gasteiger partial charge on any atom is 0.138 e. The highest BCUT2D eigenvalue weighted by Gasteiger charge is 2.22. The van der Waals surface area contributed by atoms with Crippen LogP contribution in [0.15, 0.2) is 0 Å². The Morgan fingerprint density at radius 1 is 1.30 bits per heavy atom. The average molecular weight is 291 g/mol. The van der Waals surface area contributed by atoms with E-state index in [-0.39, 0.29) is 0 Å². The van der Waals surface area contributed by atoms with Crippen molar-refractivity contribution < 1.29 is 4.74 Å². The van der Waals surface area contributed by atoms with E-state index in [2.05, 4.69) is 12.2 Å². The van der Waals surface area contributed by atoms with E-state index in [9.17, 15) is 0 Å². The van der Waals surface area contributed by atoms with Gasteiger partial charge in [0, 0.05) is 25.0 Å². The largest absolute Gasteiger partial charge is 0.384 e. The molecule has 3 rings (SSSR count). The Bertz CT molecular complexity index is 609.